The van der Waals surface area contributed by atoms with Crippen LogP contribution in [0.1, 0.15) is 42.6 Å². The summed E-state index contributed by atoms with van der Waals surface area (Å²) in [4.78, 5) is 17.3. The second-order valence-corrected chi connectivity index (χ2v) is 11.5. The number of benzene rings is 3. The molecule has 204 valence electrons. The third-order valence-electron chi connectivity index (χ3n) is 5.86. The lowest BCUT2D eigenvalue weighted by molar-refractivity contribution is -0.116. The molecule has 4 aromatic rings. The average molecular weight is 569 g/mol. The number of nitrogens with one attached hydrogen (secondary N) is 1. The number of halogens is 1. The van der Waals surface area contributed by atoms with Gasteiger partial charge < -0.3 is 14.6 Å². The molecule has 3 aromatic carbocycles. The molecule has 0 aliphatic heterocycles. The van der Waals surface area contributed by atoms with E-state index in [1.807, 2.05) is 44.2 Å². The lowest BCUT2D eigenvalue weighted by Gasteiger charge is -2.22. The highest BCUT2D eigenvalue weighted by Gasteiger charge is 2.28. The first-order valence-electron chi connectivity index (χ1n) is 12.2. The highest BCUT2D eigenvalue weighted by Crippen LogP contribution is 2.29. The summed E-state index contributed by atoms with van der Waals surface area (Å²) in [5, 5.41) is 6.94. The van der Waals surface area contributed by atoms with Crippen LogP contribution in [-0.4, -0.2) is 42.4 Å². The molecule has 0 spiro atoms. The Morgan fingerprint density at radius 2 is 1.77 bits per heavy atom. The fourth-order valence-electron chi connectivity index (χ4n) is 3.79. The summed E-state index contributed by atoms with van der Waals surface area (Å²) in [7, 11) is -2.62. The van der Waals surface area contributed by atoms with Crippen LogP contribution in [0.4, 0.5) is 5.69 Å². The number of sulfonamides is 1. The highest BCUT2D eigenvalue weighted by atomic mass is 35.5. The number of amides is 1. The summed E-state index contributed by atoms with van der Waals surface area (Å²) < 4.78 is 38.6. The third-order valence-corrected chi connectivity index (χ3v) is 7.94. The topological polar surface area (TPSA) is 115 Å². The highest BCUT2D eigenvalue weighted by molar-refractivity contribution is 7.89. The number of methoxy groups -OCH3 is 1. The summed E-state index contributed by atoms with van der Waals surface area (Å²) in [5.41, 5.74) is 2.21. The minimum Gasteiger partial charge on any atom is -0.495 e. The zero-order chi connectivity index (χ0) is 28.0. The Bertz CT molecular complexity index is 1520. The minimum atomic E-state index is -4.07. The summed E-state index contributed by atoms with van der Waals surface area (Å²) in [5.74, 6) is 1.18. The molecule has 1 aromatic heterocycles. The van der Waals surface area contributed by atoms with Gasteiger partial charge in [-0.1, -0.05) is 73.1 Å². The molecule has 1 heterocycles. The van der Waals surface area contributed by atoms with Crippen LogP contribution in [-0.2, 0) is 27.8 Å². The van der Waals surface area contributed by atoms with Gasteiger partial charge in [-0.05, 0) is 41.5 Å². The number of anilines is 1. The van der Waals surface area contributed by atoms with Crippen molar-refractivity contribution in [1.82, 2.24) is 14.4 Å². The molecule has 0 aliphatic rings. The van der Waals surface area contributed by atoms with Gasteiger partial charge >= 0.3 is 0 Å². The van der Waals surface area contributed by atoms with Crippen molar-refractivity contribution in [2.24, 2.45) is 0 Å². The van der Waals surface area contributed by atoms with Crippen molar-refractivity contribution in [3.8, 4) is 5.75 Å². The van der Waals surface area contributed by atoms with Crippen LogP contribution in [0.5, 0.6) is 5.75 Å². The summed E-state index contributed by atoms with van der Waals surface area (Å²) in [6.07, 6.45) is 0.484. The van der Waals surface area contributed by atoms with E-state index in [0.717, 1.165) is 15.4 Å². The molecule has 9 nitrogen and oxygen atoms in total. The molecule has 0 fully saturated rings. The molecule has 11 heteroatoms. The molecule has 0 radical (unpaired) electrons. The van der Waals surface area contributed by atoms with Gasteiger partial charge in [0.2, 0.25) is 21.8 Å². The van der Waals surface area contributed by atoms with Crippen LogP contribution in [0.15, 0.2) is 82.2 Å². The number of carbonyl (C=O) groups is 1. The van der Waals surface area contributed by atoms with E-state index in [2.05, 4.69) is 15.5 Å². The Balaban J connectivity index is 1.48. The van der Waals surface area contributed by atoms with Crippen LogP contribution in [0.3, 0.4) is 0 Å². The van der Waals surface area contributed by atoms with Crippen LogP contribution >= 0.6 is 11.6 Å². The first kappa shape index (κ1) is 28.3. The van der Waals surface area contributed by atoms with Gasteiger partial charge in [-0.25, -0.2) is 8.42 Å². The van der Waals surface area contributed by atoms with Crippen LogP contribution < -0.4 is 10.1 Å². The van der Waals surface area contributed by atoms with E-state index >= 15 is 0 Å². The van der Waals surface area contributed by atoms with Gasteiger partial charge in [0.05, 0.1) is 23.6 Å². The van der Waals surface area contributed by atoms with Crippen molar-refractivity contribution < 1.29 is 22.5 Å². The number of nitrogens with zero attached hydrogens (tertiary/aromatic N) is 3. The smallest absolute Gasteiger partial charge is 0.243 e. The molecule has 0 bridgehead atoms. The standard InChI is InChI=1S/C28H29ClN4O5S/c1-19(2)28-31-26(32-38-28)15-20-9-11-22(12-10-20)30-27(34)18-33(17-21-7-5-4-6-8-21)39(35,36)23-13-14-25(37-3)24(29)16-23/h4-14,16,19H,15,17-18H2,1-3H3,(H,30,34). The molecule has 1 N–H and O–H groups in total. The number of hydrogen-bond acceptors (Lipinski definition) is 7. The maximum atomic E-state index is 13.6. The molecule has 0 saturated heterocycles. The van der Waals surface area contributed by atoms with Crippen molar-refractivity contribution in [2.75, 3.05) is 19.0 Å². The SMILES string of the molecule is COc1ccc(S(=O)(=O)N(CC(=O)Nc2ccc(Cc3noc(C(C)C)n3)cc2)Cc2ccccc2)cc1Cl. The fourth-order valence-corrected chi connectivity index (χ4v) is 5.53. The fraction of sp³-hybridized carbons (Fsp3) is 0.250. The van der Waals surface area contributed by atoms with Gasteiger partial charge in [-0.2, -0.15) is 9.29 Å². The summed E-state index contributed by atoms with van der Waals surface area (Å²) in [6.45, 7) is 3.56. The number of hydrogen-bond donors (Lipinski definition) is 1. The van der Waals surface area contributed by atoms with Crippen LogP contribution in [0, 0.1) is 0 Å². The van der Waals surface area contributed by atoms with E-state index in [1.165, 1.54) is 25.3 Å². The Labute approximate surface area is 232 Å². The lowest BCUT2D eigenvalue weighted by Crippen LogP contribution is -2.37. The van der Waals surface area contributed by atoms with Gasteiger partial charge in [0, 0.05) is 24.6 Å². The molecule has 0 saturated carbocycles. The largest absolute Gasteiger partial charge is 0.495 e. The normalized spacial score (nSPS) is 11.6. The minimum absolute atomic E-state index is 0.00223. The maximum Gasteiger partial charge on any atom is 0.243 e. The zero-order valence-corrected chi connectivity index (χ0v) is 23.4. The van der Waals surface area contributed by atoms with E-state index in [0.29, 0.717) is 29.6 Å². The number of rotatable bonds is 11. The van der Waals surface area contributed by atoms with Gasteiger partial charge in [0.1, 0.15) is 5.75 Å². The molecule has 0 atom stereocenters. The predicted molar refractivity (Wildman–Crippen MR) is 148 cm³/mol. The molecule has 0 aliphatic carbocycles. The molecule has 4 rings (SSSR count). The van der Waals surface area contributed by atoms with Crippen molar-refractivity contribution in [1.29, 1.82) is 0 Å². The van der Waals surface area contributed by atoms with E-state index < -0.39 is 22.5 Å². The van der Waals surface area contributed by atoms with Crippen LogP contribution in [0.25, 0.3) is 0 Å². The molecular formula is C28H29ClN4O5S. The Hall–Kier alpha value is -3.73. The molecule has 1 amide bonds. The van der Waals surface area contributed by atoms with Crippen molar-refractivity contribution in [3.05, 3.63) is 101 Å². The lowest BCUT2D eigenvalue weighted by atomic mass is 10.1. The Morgan fingerprint density at radius 3 is 2.38 bits per heavy atom. The van der Waals surface area contributed by atoms with E-state index in [4.69, 9.17) is 20.9 Å². The number of aromatic nitrogens is 2. The Morgan fingerprint density at radius 1 is 1.05 bits per heavy atom. The van der Waals surface area contributed by atoms with E-state index in [1.54, 1.807) is 24.3 Å². The van der Waals surface area contributed by atoms with Gasteiger partial charge in [0.25, 0.3) is 0 Å². The first-order chi connectivity index (χ1) is 18.7. The van der Waals surface area contributed by atoms with E-state index in [9.17, 15) is 13.2 Å². The second-order valence-electron chi connectivity index (χ2n) is 9.18. The average Bonchev–Trinajstić information content (AvgIpc) is 3.39. The number of ether oxygens (including phenoxy) is 1. The van der Waals surface area contributed by atoms with Crippen molar-refractivity contribution in [2.45, 2.75) is 37.6 Å². The van der Waals surface area contributed by atoms with Gasteiger partial charge in [-0.3, -0.25) is 4.79 Å². The molecule has 0 unspecified atom stereocenters. The van der Waals surface area contributed by atoms with Gasteiger partial charge in [-0.15, -0.1) is 0 Å². The summed E-state index contributed by atoms with van der Waals surface area (Å²) in [6, 6.07) is 20.4. The predicted octanol–water partition coefficient (Wildman–Crippen LogP) is 5.28. The second kappa shape index (κ2) is 12.4. The molecule has 39 heavy (non-hydrogen) atoms. The quantitative estimate of drug-likeness (QED) is 0.262. The number of carbonyl (C=O) groups excluding carboxylic acids is 1. The van der Waals surface area contributed by atoms with Crippen LogP contribution in [0.2, 0.25) is 5.02 Å². The van der Waals surface area contributed by atoms with Crippen molar-refractivity contribution in [3.63, 3.8) is 0 Å². The zero-order valence-electron chi connectivity index (χ0n) is 21.8. The summed E-state index contributed by atoms with van der Waals surface area (Å²) >= 11 is 6.19. The third kappa shape index (κ3) is 7.23. The van der Waals surface area contributed by atoms with E-state index in [-0.39, 0.29) is 22.4 Å². The van der Waals surface area contributed by atoms with Crippen molar-refractivity contribution >= 4 is 33.2 Å². The maximum absolute atomic E-state index is 13.6. The first-order valence-corrected chi connectivity index (χ1v) is 14.1. The van der Waals surface area contributed by atoms with Gasteiger partial charge in [0.15, 0.2) is 5.82 Å². The monoisotopic (exact) mass is 568 g/mol. The Kier molecular flexibility index (Phi) is 9.01. The molecular weight excluding hydrogens is 540 g/mol.